The molecule has 0 aromatic heterocycles. The van der Waals surface area contributed by atoms with Crippen molar-refractivity contribution >= 4 is 17.7 Å². The first-order valence-corrected chi connectivity index (χ1v) is 10.1. The van der Waals surface area contributed by atoms with Crippen LogP contribution < -0.4 is 10.1 Å². The van der Waals surface area contributed by atoms with E-state index in [0.717, 1.165) is 12.8 Å². The highest BCUT2D eigenvalue weighted by Crippen LogP contribution is 2.29. The van der Waals surface area contributed by atoms with Crippen molar-refractivity contribution < 1.29 is 23.9 Å². The van der Waals surface area contributed by atoms with Crippen molar-refractivity contribution in [3.63, 3.8) is 0 Å². The predicted octanol–water partition coefficient (Wildman–Crippen LogP) is 3.53. The molecule has 1 aliphatic rings. The largest absolute Gasteiger partial charge is 0.482 e. The summed E-state index contributed by atoms with van der Waals surface area (Å²) in [6.45, 7) is 7.42. The van der Waals surface area contributed by atoms with E-state index in [4.69, 9.17) is 9.47 Å². The molecule has 154 valence electrons. The molecule has 1 aromatic rings. The summed E-state index contributed by atoms with van der Waals surface area (Å²) in [5.74, 6) is 0.609. The van der Waals surface area contributed by atoms with Crippen LogP contribution in [-0.4, -0.2) is 36.4 Å². The minimum absolute atomic E-state index is 0.0486. The van der Waals surface area contributed by atoms with E-state index >= 15 is 0 Å². The average molecular weight is 389 g/mol. The topological polar surface area (TPSA) is 81.7 Å². The van der Waals surface area contributed by atoms with Crippen molar-refractivity contribution in [3.05, 3.63) is 29.8 Å². The molecule has 1 amide bonds. The lowest BCUT2D eigenvalue weighted by molar-refractivity contribution is -0.157. The van der Waals surface area contributed by atoms with Crippen LogP contribution in [0.1, 0.15) is 63.7 Å². The molecule has 0 saturated heterocycles. The van der Waals surface area contributed by atoms with Gasteiger partial charge in [-0.2, -0.15) is 0 Å². The number of esters is 1. The molecule has 0 radical (unpaired) electrons. The SMILES string of the molecule is CCC(=O)c1ccc(OCC(=O)O[C@H](C)C(=O)N[C@@H]2CCC[C@H](C)[C@@H]2C)cc1. The van der Waals surface area contributed by atoms with Crippen LogP contribution in [0.15, 0.2) is 24.3 Å². The van der Waals surface area contributed by atoms with Crippen LogP contribution in [-0.2, 0) is 14.3 Å². The van der Waals surface area contributed by atoms with Crippen LogP contribution in [0, 0.1) is 11.8 Å². The van der Waals surface area contributed by atoms with E-state index in [-0.39, 0.29) is 24.3 Å². The van der Waals surface area contributed by atoms with Gasteiger partial charge in [0.1, 0.15) is 5.75 Å². The minimum Gasteiger partial charge on any atom is -0.482 e. The third-order valence-corrected chi connectivity index (χ3v) is 5.57. The Morgan fingerprint density at radius 1 is 1.14 bits per heavy atom. The Balaban J connectivity index is 1.77. The Morgan fingerprint density at radius 3 is 2.46 bits per heavy atom. The highest BCUT2D eigenvalue weighted by atomic mass is 16.6. The Labute approximate surface area is 167 Å². The lowest BCUT2D eigenvalue weighted by Gasteiger charge is -2.35. The molecular formula is C22H31NO5. The van der Waals surface area contributed by atoms with Crippen molar-refractivity contribution in [2.75, 3.05) is 6.61 Å². The number of hydrogen-bond acceptors (Lipinski definition) is 5. The standard InChI is InChI=1S/C22H31NO5/c1-5-20(24)17-9-11-18(12-10-17)27-13-21(25)28-16(4)22(26)23-19-8-6-7-14(2)15(19)3/h9-12,14-16,19H,5-8,13H2,1-4H3,(H,23,26)/t14-,15-,16+,19+/m0/s1. The van der Waals surface area contributed by atoms with Gasteiger partial charge in [0.15, 0.2) is 18.5 Å². The molecule has 0 aliphatic heterocycles. The van der Waals surface area contributed by atoms with Crippen molar-refractivity contribution in [1.29, 1.82) is 0 Å². The number of Topliss-reactive ketones (excluding diaryl/α,β-unsaturated/α-hetero) is 1. The monoisotopic (exact) mass is 389 g/mol. The van der Waals surface area contributed by atoms with Crippen LogP contribution in [0.4, 0.5) is 0 Å². The number of ether oxygens (including phenoxy) is 2. The zero-order chi connectivity index (χ0) is 20.7. The predicted molar refractivity (Wildman–Crippen MR) is 106 cm³/mol. The number of rotatable bonds is 8. The zero-order valence-corrected chi connectivity index (χ0v) is 17.2. The van der Waals surface area contributed by atoms with Gasteiger partial charge >= 0.3 is 5.97 Å². The molecule has 0 unspecified atom stereocenters. The third kappa shape index (κ3) is 6.08. The van der Waals surface area contributed by atoms with Crippen LogP contribution >= 0.6 is 0 Å². The summed E-state index contributed by atoms with van der Waals surface area (Å²) in [5.41, 5.74) is 0.606. The number of hydrogen-bond donors (Lipinski definition) is 1. The highest BCUT2D eigenvalue weighted by molar-refractivity contribution is 5.95. The van der Waals surface area contributed by atoms with Gasteiger partial charge in [-0.1, -0.05) is 33.6 Å². The van der Waals surface area contributed by atoms with Crippen LogP contribution in [0.3, 0.4) is 0 Å². The van der Waals surface area contributed by atoms with Gasteiger partial charge in [-0.3, -0.25) is 9.59 Å². The molecule has 1 aliphatic carbocycles. The summed E-state index contributed by atoms with van der Waals surface area (Å²) in [6.07, 6.45) is 2.80. The summed E-state index contributed by atoms with van der Waals surface area (Å²) in [7, 11) is 0. The smallest absolute Gasteiger partial charge is 0.344 e. The van der Waals surface area contributed by atoms with Gasteiger partial charge in [-0.15, -0.1) is 0 Å². The summed E-state index contributed by atoms with van der Waals surface area (Å²) < 4.78 is 10.6. The number of carbonyl (C=O) groups is 3. The quantitative estimate of drug-likeness (QED) is 0.543. The Hall–Kier alpha value is -2.37. The molecule has 1 aromatic carbocycles. The van der Waals surface area contributed by atoms with E-state index in [0.29, 0.717) is 29.6 Å². The van der Waals surface area contributed by atoms with E-state index in [1.54, 1.807) is 38.1 Å². The van der Waals surface area contributed by atoms with E-state index < -0.39 is 12.1 Å². The summed E-state index contributed by atoms with van der Waals surface area (Å²) in [5, 5.41) is 3.01. The number of ketones is 1. The van der Waals surface area contributed by atoms with Gasteiger partial charge in [-0.25, -0.2) is 4.79 Å². The molecule has 6 nitrogen and oxygen atoms in total. The van der Waals surface area contributed by atoms with Crippen LogP contribution in [0.5, 0.6) is 5.75 Å². The summed E-state index contributed by atoms with van der Waals surface area (Å²) in [6, 6.07) is 6.72. The van der Waals surface area contributed by atoms with Crippen molar-refractivity contribution in [3.8, 4) is 5.75 Å². The lowest BCUT2D eigenvalue weighted by atomic mass is 9.78. The molecule has 4 atom stereocenters. The second kappa shape index (κ2) is 10.2. The van der Waals surface area contributed by atoms with E-state index in [1.807, 2.05) is 0 Å². The van der Waals surface area contributed by atoms with Gasteiger partial charge in [0.2, 0.25) is 0 Å². The molecule has 0 spiro atoms. The second-order valence-electron chi connectivity index (χ2n) is 7.60. The number of amides is 1. The van der Waals surface area contributed by atoms with E-state index in [9.17, 15) is 14.4 Å². The van der Waals surface area contributed by atoms with Gasteiger partial charge < -0.3 is 14.8 Å². The molecule has 0 bridgehead atoms. The first-order valence-electron chi connectivity index (χ1n) is 10.1. The van der Waals surface area contributed by atoms with Crippen LogP contribution in [0.2, 0.25) is 0 Å². The summed E-state index contributed by atoms with van der Waals surface area (Å²) >= 11 is 0. The van der Waals surface area contributed by atoms with E-state index in [2.05, 4.69) is 19.2 Å². The van der Waals surface area contributed by atoms with Gasteiger partial charge in [0.25, 0.3) is 5.91 Å². The number of benzene rings is 1. The number of carbonyl (C=O) groups excluding carboxylic acids is 3. The molecule has 1 fully saturated rings. The molecule has 1 saturated carbocycles. The van der Waals surface area contributed by atoms with Crippen LogP contribution in [0.25, 0.3) is 0 Å². The number of nitrogens with one attached hydrogen (secondary N) is 1. The van der Waals surface area contributed by atoms with Gasteiger partial charge in [-0.05, 0) is 49.4 Å². The average Bonchev–Trinajstić information content (AvgIpc) is 2.69. The van der Waals surface area contributed by atoms with Gasteiger partial charge in [0.05, 0.1) is 0 Å². The van der Waals surface area contributed by atoms with Crippen molar-refractivity contribution in [1.82, 2.24) is 5.32 Å². The molecule has 6 heteroatoms. The minimum atomic E-state index is -0.870. The molecular weight excluding hydrogens is 358 g/mol. The molecule has 1 N–H and O–H groups in total. The van der Waals surface area contributed by atoms with Gasteiger partial charge in [0, 0.05) is 18.0 Å². The van der Waals surface area contributed by atoms with E-state index in [1.165, 1.54) is 6.42 Å². The second-order valence-corrected chi connectivity index (χ2v) is 7.60. The first kappa shape index (κ1) is 21.9. The van der Waals surface area contributed by atoms with Crippen molar-refractivity contribution in [2.45, 2.75) is 65.5 Å². The molecule has 28 heavy (non-hydrogen) atoms. The Kier molecular flexibility index (Phi) is 8.03. The fourth-order valence-corrected chi connectivity index (χ4v) is 3.45. The maximum Gasteiger partial charge on any atom is 0.344 e. The summed E-state index contributed by atoms with van der Waals surface area (Å²) in [4.78, 5) is 35.9. The lowest BCUT2D eigenvalue weighted by Crippen LogP contribution is -2.47. The normalized spacial score (nSPS) is 22.8. The molecule has 2 rings (SSSR count). The maximum atomic E-state index is 12.3. The maximum absolute atomic E-state index is 12.3. The highest BCUT2D eigenvalue weighted by Gasteiger charge is 2.30. The Bertz CT molecular complexity index is 685. The fraction of sp³-hybridized carbons (Fsp3) is 0.591. The first-order chi connectivity index (χ1) is 13.3. The van der Waals surface area contributed by atoms with Crippen molar-refractivity contribution in [2.24, 2.45) is 11.8 Å². The fourth-order valence-electron chi connectivity index (χ4n) is 3.45. The Morgan fingerprint density at radius 2 is 1.82 bits per heavy atom. The molecule has 0 heterocycles. The third-order valence-electron chi connectivity index (χ3n) is 5.57. The zero-order valence-electron chi connectivity index (χ0n) is 17.2.